The van der Waals surface area contributed by atoms with E-state index in [-0.39, 0.29) is 6.54 Å². The van der Waals surface area contributed by atoms with Crippen molar-refractivity contribution in [1.82, 2.24) is 25.4 Å². The van der Waals surface area contributed by atoms with Gasteiger partial charge in [-0.3, -0.25) is 4.68 Å². The smallest absolute Gasteiger partial charge is 0.331 e. The van der Waals surface area contributed by atoms with E-state index in [1.54, 1.807) is 14.0 Å². The standard InChI is InChI=1S/C12H15N5O4/c1-7-3-13-9(21-7)5-14-12(20)16-10(11(18)19)8-4-15-17(2)6-8/h3-4,6,10H,5H2,1-2H3,(H,18,19)(H2,14,16,20). The molecular weight excluding hydrogens is 278 g/mol. The van der Waals surface area contributed by atoms with Crippen molar-refractivity contribution in [1.29, 1.82) is 0 Å². The van der Waals surface area contributed by atoms with Crippen LogP contribution in [0.2, 0.25) is 0 Å². The number of aromatic nitrogens is 3. The lowest BCUT2D eigenvalue weighted by atomic mass is 10.1. The van der Waals surface area contributed by atoms with Gasteiger partial charge in [0, 0.05) is 18.8 Å². The Balaban J connectivity index is 1.94. The van der Waals surface area contributed by atoms with E-state index < -0.39 is 18.0 Å². The fraction of sp³-hybridized carbons (Fsp3) is 0.333. The minimum absolute atomic E-state index is 0.0685. The number of hydrogen-bond donors (Lipinski definition) is 3. The number of carboxylic acid groups (broad SMARTS) is 1. The average Bonchev–Trinajstić information content (AvgIpc) is 3.02. The molecule has 0 aliphatic rings. The van der Waals surface area contributed by atoms with E-state index in [4.69, 9.17) is 9.52 Å². The van der Waals surface area contributed by atoms with Crippen LogP contribution in [-0.4, -0.2) is 31.9 Å². The Hall–Kier alpha value is -2.84. The summed E-state index contributed by atoms with van der Waals surface area (Å²) in [5.41, 5.74) is 0.382. The highest BCUT2D eigenvalue weighted by molar-refractivity contribution is 5.83. The quantitative estimate of drug-likeness (QED) is 0.730. The highest BCUT2D eigenvalue weighted by atomic mass is 16.4. The van der Waals surface area contributed by atoms with E-state index in [9.17, 15) is 9.59 Å². The number of amides is 2. The third kappa shape index (κ3) is 3.81. The number of urea groups is 1. The van der Waals surface area contributed by atoms with E-state index in [1.165, 1.54) is 23.3 Å². The van der Waals surface area contributed by atoms with Crippen LogP contribution in [0.25, 0.3) is 0 Å². The molecule has 2 amide bonds. The molecule has 2 aromatic heterocycles. The summed E-state index contributed by atoms with van der Waals surface area (Å²) >= 11 is 0. The lowest BCUT2D eigenvalue weighted by molar-refractivity contribution is -0.139. The Bertz CT molecular complexity index is 648. The van der Waals surface area contributed by atoms with Gasteiger partial charge in [0.25, 0.3) is 0 Å². The third-order valence-electron chi connectivity index (χ3n) is 2.65. The predicted octanol–water partition coefficient (Wildman–Crippen LogP) is 0.342. The SMILES string of the molecule is Cc1cnc(CNC(=O)NC(C(=O)O)c2cnn(C)c2)o1. The molecule has 3 N–H and O–H groups in total. The summed E-state index contributed by atoms with van der Waals surface area (Å²) in [6.45, 7) is 1.80. The van der Waals surface area contributed by atoms with Crippen LogP contribution < -0.4 is 10.6 Å². The van der Waals surface area contributed by atoms with Crippen molar-refractivity contribution in [3.63, 3.8) is 0 Å². The first-order chi connectivity index (χ1) is 9.95. The first-order valence-electron chi connectivity index (χ1n) is 6.12. The fourth-order valence-electron chi connectivity index (χ4n) is 1.70. The van der Waals surface area contributed by atoms with Gasteiger partial charge in [-0.1, -0.05) is 0 Å². The molecule has 9 nitrogen and oxygen atoms in total. The zero-order valence-electron chi connectivity index (χ0n) is 11.5. The van der Waals surface area contributed by atoms with Gasteiger partial charge in [0.1, 0.15) is 5.76 Å². The van der Waals surface area contributed by atoms with Crippen molar-refractivity contribution in [2.75, 3.05) is 0 Å². The van der Waals surface area contributed by atoms with Gasteiger partial charge >= 0.3 is 12.0 Å². The van der Waals surface area contributed by atoms with Gasteiger partial charge in [-0.15, -0.1) is 0 Å². The molecule has 2 aromatic rings. The first kappa shape index (κ1) is 14.6. The molecule has 0 saturated carbocycles. The highest BCUT2D eigenvalue weighted by Gasteiger charge is 2.23. The number of oxazole rings is 1. The number of hydrogen-bond acceptors (Lipinski definition) is 5. The molecule has 112 valence electrons. The molecule has 0 fully saturated rings. The number of aliphatic carboxylic acids is 1. The minimum Gasteiger partial charge on any atom is -0.479 e. The summed E-state index contributed by atoms with van der Waals surface area (Å²) in [4.78, 5) is 26.9. The maximum absolute atomic E-state index is 11.7. The third-order valence-corrected chi connectivity index (χ3v) is 2.65. The van der Waals surface area contributed by atoms with Crippen molar-refractivity contribution in [3.8, 4) is 0 Å². The van der Waals surface area contributed by atoms with Crippen LogP contribution in [0, 0.1) is 6.92 Å². The van der Waals surface area contributed by atoms with Crippen molar-refractivity contribution in [2.45, 2.75) is 19.5 Å². The van der Waals surface area contributed by atoms with Crippen LogP contribution in [0.15, 0.2) is 23.0 Å². The largest absolute Gasteiger partial charge is 0.479 e. The van der Waals surface area contributed by atoms with E-state index in [1.807, 2.05) is 0 Å². The zero-order chi connectivity index (χ0) is 15.4. The van der Waals surface area contributed by atoms with Gasteiger partial charge in [-0.2, -0.15) is 5.10 Å². The summed E-state index contributed by atoms with van der Waals surface area (Å²) in [5, 5.41) is 17.9. The number of nitrogens with one attached hydrogen (secondary N) is 2. The Labute approximate surface area is 120 Å². The Morgan fingerprint density at radius 2 is 2.24 bits per heavy atom. The van der Waals surface area contributed by atoms with Crippen molar-refractivity contribution in [3.05, 3.63) is 35.8 Å². The van der Waals surface area contributed by atoms with Crippen LogP contribution in [0.5, 0.6) is 0 Å². The summed E-state index contributed by atoms with van der Waals surface area (Å²) in [6.07, 6.45) is 4.44. The molecular formula is C12H15N5O4. The number of carbonyl (C=O) groups excluding carboxylic acids is 1. The minimum atomic E-state index is -1.18. The molecule has 21 heavy (non-hydrogen) atoms. The molecule has 0 bridgehead atoms. The van der Waals surface area contributed by atoms with Crippen LogP contribution in [-0.2, 0) is 18.4 Å². The highest BCUT2D eigenvalue weighted by Crippen LogP contribution is 2.11. The summed E-state index contributed by atoms with van der Waals surface area (Å²) in [7, 11) is 1.66. The van der Waals surface area contributed by atoms with Gasteiger partial charge in [-0.05, 0) is 6.92 Å². The number of aryl methyl sites for hydroxylation is 2. The van der Waals surface area contributed by atoms with Gasteiger partial charge in [0.05, 0.1) is 18.9 Å². The van der Waals surface area contributed by atoms with Crippen LogP contribution in [0.1, 0.15) is 23.3 Å². The Morgan fingerprint density at radius 1 is 1.48 bits per heavy atom. The predicted molar refractivity (Wildman–Crippen MR) is 70.2 cm³/mol. The zero-order valence-corrected chi connectivity index (χ0v) is 11.5. The number of carboxylic acids is 1. The Morgan fingerprint density at radius 3 is 2.76 bits per heavy atom. The Kier molecular flexibility index (Phi) is 4.21. The molecule has 2 rings (SSSR count). The number of nitrogens with zero attached hydrogens (tertiary/aromatic N) is 3. The fourth-order valence-corrected chi connectivity index (χ4v) is 1.70. The topological polar surface area (TPSA) is 122 Å². The summed E-state index contributed by atoms with van der Waals surface area (Å²) < 4.78 is 6.65. The average molecular weight is 293 g/mol. The molecule has 2 heterocycles. The second-order valence-corrected chi connectivity index (χ2v) is 4.41. The number of rotatable bonds is 5. The van der Waals surface area contributed by atoms with E-state index >= 15 is 0 Å². The second kappa shape index (κ2) is 6.07. The second-order valence-electron chi connectivity index (χ2n) is 4.41. The van der Waals surface area contributed by atoms with Gasteiger partial charge < -0.3 is 20.2 Å². The van der Waals surface area contributed by atoms with Crippen LogP contribution >= 0.6 is 0 Å². The molecule has 1 atom stereocenters. The lowest BCUT2D eigenvalue weighted by Gasteiger charge is -2.13. The van der Waals surface area contributed by atoms with E-state index in [2.05, 4.69) is 20.7 Å². The monoisotopic (exact) mass is 293 g/mol. The maximum Gasteiger partial charge on any atom is 0.331 e. The van der Waals surface area contributed by atoms with Crippen molar-refractivity contribution >= 4 is 12.0 Å². The normalized spacial score (nSPS) is 11.9. The van der Waals surface area contributed by atoms with Gasteiger partial charge in [0.15, 0.2) is 6.04 Å². The molecule has 0 aromatic carbocycles. The van der Waals surface area contributed by atoms with Crippen molar-refractivity contribution in [2.24, 2.45) is 7.05 Å². The molecule has 0 spiro atoms. The van der Waals surface area contributed by atoms with Crippen molar-refractivity contribution < 1.29 is 19.1 Å². The van der Waals surface area contributed by atoms with Crippen LogP contribution in [0.4, 0.5) is 4.79 Å². The van der Waals surface area contributed by atoms with E-state index in [0.717, 1.165) is 0 Å². The maximum atomic E-state index is 11.7. The van der Waals surface area contributed by atoms with Gasteiger partial charge in [0.2, 0.25) is 5.89 Å². The van der Waals surface area contributed by atoms with E-state index in [0.29, 0.717) is 17.2 Å². The molecule has 0 radical (unpaired) electrons. The summed E-state index contributed by atoms with van der Waals surface area (Å²) in [6, 6.07) is -1.81. The lowest BCUT2D eigenvalue weighted by Crippen LogP contribution is -2.40. The van der Waals surface area contributed by atoms with Gasteiger partial charge in [-0.25, -0.2) is 14.6 Å². The molecule has 9 heteroatoms. The number of carbonyl (C=O) groups is 2. The van der Waals surface area contributed by atoms with Crippen LogP contribution in [0.3, 0.4) is 0 Å². The molecule has 1 unspecified atom stereocenters. The molecule has 0 aliphatic carbocycles. The summed E-state index contributed by atoms with van der Waals surface area (Å²) in [5.74, 6) is -0.202. The molecule has 0 aliphatic heterocycles. The first-order valence-corrected chi connectivity index (χ1v) is 6.12. The molecule has 0 saturated heterocycles.